The molecule has 3 rings (SSSR count). The van der Waals surface area contributed by atoms with Gasteiger partial charge in [-0.05, 0) is 50.5 Å². The van der Waals surface area contributed by atoms with E-state index in [0.717, 1.165) is 27.9 Å². The normalized spacial score (nSPS) is 11.7. The zero-order valence-electron chi connectivity index (χ0n) is 15.3. The van der Waals surface area contributed by atoms with E-state index in [1.807, 2.05) is 57.2 Å². The fourth-order valence-corrected chi connectivity index (χ4v) is 4.19. The van der Waals surface area contributed by atoms with Crippen LogP contribution in [-0.2, 0) is 16.6 Å². The number of hydrogen-bond acceptors (Lipinski definition) is 4. The van der Waals surface area contributed by atoms with Gasteiger partial charge in [-0.1, -0.05) is 47.1 Å². The van der Waals surface area contributed by atoms with Crippen molar-refractivity contribution < 1.29 is 12.9 Å². The van der Waals surface area contributed by atoms with Crippen molar-refractivity contribution in [3.8, 4) is 11.1 Å². The number of nitrogens with zero attached hydrogens (tertiary/aromatic N) is 1. The maximum absolute atomic E-state index is 12.8. The summed E-state index contributed by atoms with van der Waals surface area (Å²) in [5, 5.41) is 3.95. The highest BCUT2D eigenvalue weighted by atomic mass is 32.2. The minimum Gasteiger partial charge on any atom is -0.361 e. The van der Waals surface area contributed by atoms with Crippen LogP contribution in [0.1, 0.15) is 28.1 Å². The number of benzene rings is 2. The number of hydrogen-bond donors (Lipinski definition) is 1. The fourth-order valence-electron chi connectivity index (χ4n) is 2.90. The third-order valence-corrected chi connectivity index (χ3v) is 5.93. The minimum absolute atomic E-state index is 0.248. The van der Waals surface area contributed by atoms with Crippen LogP contribution in [0.5, 0.6) is 0 Å². The Morgan fingerprint density at radius 2 is 1.69 bits per heavy atom. The summed E-state index contributed by atoms with van der Waals surface area (Å²) in [4.78, 5) is 0.266. The SMILES string of the molecule is Cc1ccc(CNS(=O)(=O)c2cc(-c3c(C)noc3C)ccc2C)cc1. The van der Waals surface area contributed by atoms with Gasteiger partial charge in [0.05, 0.1) is 10.6 Å². The molecule has 5 nitrogen and oxygen atoms in total. The Balaban J connectivity index is 1.92. The van der Waals surface area contributed by atoms with E-state index in [0.29, 0.717) is 11.3 Å². The van der Waals surface area contributed by atoms with E-state index in [4.69, 9.17) is 4.52 Å². The molecule has 0 amide bonds. The zero-order chi connectivity index (χ0) is 18.9. The number of nitrogens with one attached hydrogen (secondary N) is 1. The van der Waals surface area contributed by atoms with Gasteiger partial charge in [-0.3, -0.25) is 0 Å². The highest BCUT2D eigenvalue weighted by molar-refractivity contribution is 7.89. The monoisotopic (exact) mass is 370 g/mol. The molecule has 1 aromatic heterocycles. The van der Waals surface area contributed by atoms with E-state index in [9.17, 15) is 8.42 Å². The molecule has 2 aromatic carbocycles. The number of aryl methyl sites for hydroxylation is 4. The van der Waals surface area contributed by atoms with Gasteiger partial charge in [0.2, 0.25) is 10.0 Å². The first-order valence-corrected chi connectivity index (χ1v) is 9.85. The Kier molecular flexibility index (Phi) is 4.98. The largest absolute Gasteiger partial charge is 0.361 e. The van der Waals surface area contributed by atoms with Gasteiger partial charge >= 0.3 is 0 Å². The summed E-state index contributed by atoms with van der Waals surface area (Å²) in [6, 6.07) is 13.2. The van der Waals surface area contributed by atoms with E-state index in [1.54, 1.807) is 13.0 Å². The third kappa shape index (κ3) is 3.71. The standard InChI is InChI=1S/C20H22N2O3S/c1-13-5-8-17(9-6-13)12-21-26(23,24)19-11-18(10-7-14(19)2)20-15(3)22-25-16(20)4/h5-11,21H,12H2,1-4H3. The van der Waals surface area contributed by atoms with Gasteiger partial charge < -0.3 is 4.52 Å². The van der Waals surface area contributed by atoms with Crippen LogP contribution in [0.25, 0.3) is 11.1 Å². The van der Waals surface area contributed by atoms with Crippen molar-refractivity contribution in [3.63, 3.8) is 0 Å². The molecule has 3 aromatic rings. The lowest BCUT2D eigenvalue weighted by atomic mass is 10.0. The van der Waals surface area contributed by atoms with Crippen molar-refractivity contribution in [3.05, 3.63) is 70.6 Å². The molecule has 1 heterocycles. The molecule has 0 aliphatic rings. The lowest BCUT2D eigenvalue weighted by Crippen LogP contribution is -2.24. The maximum atomic E-state index is 12.8. The predicted molar refractivity (Wildman–Crippen MR) is 101 cm³/mol. The molecule has 0 atom stereocenters. The van der Waals surface area contributed by atoms with Crippen LogP contribution in [0.2, 0.25) is 0 Å². The molecular formula is C20H22N2O3S. The van der Waals surface area contributed by atoms with Crippen LogP contribution >= 0.6 is 0 Å². The second-order valence-corrected chi connectivity index (χ2v) is 8.22. The van der Waals surface area contributed by atoms with Crippen molar-refractivity contribution in [2.24, 2.45) is 0 Å². The van der Waals surface area contributed by atoms with Gasteiger partial charge in [-0.15, -0.1) is 0 Å². The average Bonchev–Trinajstić information content (AvgIpc) is 2.94. The fraction of sp³-hybridized carbons (Fsp3) is 0.250. The summed E-state index contributed by atoms with van der Waals surface area (Å²) in [6.07, 6.45) is 0. The van der Waals surface area contributed by atoms with Crippen molar-refractivity contribution in [1.29, 1.82) is 0 Å². The second kappa shape index (κ2) is 7.05. The molecular weight excluding hydrogens is 348 g/mol. The topological polar surface area (TPSA) is 72.2 Å². The molecule has 0 aliphatic heterocycles. The quantitative estimate of drug-likeness (QED) is 0.735. The van der Waals surface area contributed by atoms with E-state index in [2.05, 4.69) is 9.88 Å². The first-order chi connectivity index (χ1) is 12.3. The minimum atomic E-state index is -3.64. The second-order valence-electron chi connectivity index (χ2n) is 6.49. The van der Waals surface area contributed by atoms with Crippen LogP contribution < -0.4 is 4.72 Å². The van der Waals surface area contributed by atoms with Gasteiger partial charge in [-0.2, -0.15) is 0 Å². The molecule has 0 fully saturated rings. The smallest absolute Gasteiger partial charge is 0.241 e. The van der Waals surface area contributed by atoms with Crippen LogP contribution in [-0.4, -0.2) is 13.6 Å². The molecule has 0 aliphatic carbocycles. The van der Waals surface area contributed by atoms with Crippen molar-refractivity contribution >= 4 is 10.0 Å². The number of sulfonamides is 1. The first kappa shape index (κ1) is 18.4. The zero-order valence-corrected chi connectivity index (χ0v) is 16.1. The number of aromatic nitrogens is 1. The molecule has 6 heteroatoms. The van der Waals surface area contributed by atoms with Gasteiger partial charge in [0, 0.05) is 12.1 Å². The predicted octanol–water partition coefficient (Wildman–Crippen LogP) is 4.05. The molecule has 0 unspecified atom stereocenters. The highest BCUT2D eigenvalue weighted by Gasteiger charge is 2.20. The van der Waals surface area contributed by atoms with Gasteiger partial charge in [-0.25, -0.2) is 13.1 Å². The molecule has 26 heavy (non-hydrogen) atoms. The molecule has 0 radical (unpaired) electrons. The maximum Gasteiger partial charge on any atom is 0.241 e. The van der Waals surface area contributed by atoms with E-state index < -0.39 is 10.0 Å². The van der Waals surface area contributed by atoms with Gasteiger partial charge in [0.15, 0.2) is 0 Å². The summed E-state index contributed by atoms with van der Waals surface area (Å²) in [5.74, 6) is 0.669. The van der Waals surface area contributed by atoms with E-state index >= 15 is 0 Å². The molecule has 136 valence electrons. The molecule has 0 saturated carbocycles. The Hall–Kier alpha value is -2.44. The Morgan fingerprint density at radius 3 is 2.31 bits per heavy atom. The molecule has 0 spiro atoms. The summed E-state index contributed by atoms with van der Waals surface area (Å²) in [6.45, 7) is 7.70. The lowest BCUT2D eigenvalue weighted by molar-refractivity contribution is 0.393. The lowest BCUT2D eigenvalue weighted by Gasteiger charge is -2.11. The Labute approximate surface area is 154 Å². The van der Waals surface area contributed by atoms with Crippen LogP contribution in [0.3, 0.4) is 0 Å². The highest BCUT2D eigenvalue weighted by Crippen LogP contribution is 2.30. The molecule has 0 bridgehead atoms. The summed E-state index contributed by atoms with van der Waals surface area (Å²) in [7, 11) is -3.64. The summed E-state index contributed by atoms with van der Waals surface area (Å²) < 4.78 is 33.6. The first-order valence-electron chi connectivity index (χ1n) is 8.37. The van der Waals surface area contributed by atoms with Crippen molar-refractivity contribution in [1.82, 2.24) is 9.88 Å². The van der Waals surface area contributed by atoms with Gasteiger partial charge in [0.1, 0.15) is 5.76 Å². The average molecular weight is 370 g/mol. The van der Waals surface area contributed by atoms with Crippen LogP contribution in [0.15, 0.2) is 51.9 Å². The summed E-state index contributed by atoms with van der Waals surface area (Å²) >= 11 is 0. The van der Waals surface area contributed by atoms with E-state index in [1.165, 1.54) is 0 Å². The third-order valence-electron chi connectivity index (χ3n) is 4.39. The van der Waals surface area contributed by atoms with Crippen LogP contribution in [0, 0.1) is 27.7 Å². The van der Waals surface area contributed by atoms with Crippen molar-refractivity contribution in [2.75, 3.05) is 0 Å². The Bertz CT molecular complexity index is 1020. The van der Waals surface area contributed by atoms with Gasteiger partial charge in [0.25, 0.3) is 0 Å². The van der Waals surface area contributed by atoms with E-state index in [-0.39, 0.29) is 11.4 Å². The van der Waals surface area contributed by atoms with Crippen molar-refractivity contribution in [2.45, 2.75) is 39.1 Å². The Morgan fingerprint density at radius 1 is 1.00 bits per heavy atom. The number of rotatable bonds is 5. The molecule has 1 N–H and O–H groups in total. The van der Waals surface area contributed by atoms with Crippen LogP contribution in [0.4, 0.5) is 0 Å². The molecule has 0 saturated heterocycles. The summed E-state index contributed by atoms with van der Waals surface area (Å²) in [5.41, 5.74) is 5.10.